The van der Waals surface area contributed by atoms with Gasteiger partial charge in [0, 0.05) is 10.0 Å². The molecule has 1 aromatic carbocycles. The Morgan fingerprint density at radius 1 is 1.26 bits per heavy atom. The molecule has 0 radical (unpaired) electrons. The highest BCUT2D eigenvalue weighted by atomic mass is 79.9. The highest BCUT2D eigenvalue weighted by Crippen LogP contribution is 2.35. The summed E-state index contributed by atoms with van der Waals surface area (Å²) in [5, 5.41) is 0. The van der Waals surface area contributed by atoms with E-state index in [9.17, 15) is 13.2 Å². The fourth-order valence-corrected chi connectivity index (χ4v) is 2.22. The largest absolute Gasteiger partial charge is 0.472 e. The molecule has 0 spiro atoms. The van der Waals surface area contributed by atoms with E-state index in [4.69, 9.17) is 10.3 Å². The molecule has 0 aliphatic carbocycles. The number of alkyl halides is 3. The lowest BCUT2D eigenvalue weighted by molar-refractivity contribution is -0.137. The maximum absolute atomic E-state index is 12.7. The van der Waals surface area contributed by atoms with Crippen molar-refractivity contribution in [1.29, 1.82) is 0 Å². The van der Waals surface area contributed by atoms with Crippen LogP contribution < -0.4 is 11.3 Å². The Balaban J connectivity index is 2.48. The summed E-state index contributed by atoms with van der Waals surface area (Å²) in [5.74, 6) is 5.43. The lowest BCUT2D eigenvalue weighted by Crippen LogP contribution is -2.29. The van der Waals surface area contributed by atoms with Crippen molar-refractivity contribution in [1.82, 2.24) is 5.43 Å². The first kappa shape index (κ1) is 14.1. The maximum Gasteiger partial charge on any atom is 0.416 e. The molecule has 7 heteroatoms. The summed E-state index contributed by atoms with van der Waals surface area (Å²) in [7, 11) is 0. The first-order chi connectivity index (χ1) is 8.93. The van der Waals surface area contributed by atoms with Crippen molar-refractivity contribution < 1.29 is 17.6 Å². The molecule has 0 saturated carbocycles. The predicted molar refractivity (Wildman–Crippen MR) is 67.0 cm³/mol. The smallest absolute Gasteiger partial charge is 0.416 e. The van der Waals surface area contributed by atoms with Crippen molar-refractivity contribution >= 4 is 15.9 Å². The van der Waals surface area contributed by atoms with Crippen LogP contribution in [0.25, 0.3) is 0 Å². The fraction of sp³-hybridized carbons (Fsp3) is 0.167. The molecule has 1 unspecified atom stereocenters. The van der Waals surface area contributed by atoms with Gasteiger partial charge in [0.2, 0.25) is 0 Å². The topological polar surface area (TPSA) is 51.2 Å². The van der Waals surface area contributed by atoms with Gasteiger partial charge < -0.3 is 4.42 Å². The van der Waals surface area contributed by atoms with Crippen LogP contribution in [0.15, 0.2) is 45.7 Å². The van der Waals surface area contributed by atoms with Gasteiger partial charge in [0.25, 0.3) is 0 Å². The summed E-state index contributed by atoms with van der Waals surface area (Å²) in [6, 6.07) is 4.47. The standard InChI is InChI=1S/C12H10BrF3N2O/c13-10-2-1-8(12(14,15)16)5-9(10)11(18-17)7-3-4-19-6-7/h1-6,11,18H,17H2. The second kappa shape index (κ2) is 5.36. The lowest BCUT2D eigenvalue weighted by atomic mass is 9.99. The zero-order chi connectivity index (χ0) is 14.0. The predicted octanol–water partition coefficient (Wildman–Crippen LogP) is 3.61. The molecule has 0 aliphatic heterocycles. The third-order valence-electron chi connectivity index (χ3n) is 2.68. The van der Waals surface area contributed by atoms with E-state index in [1.165, 1.54) is 18.6 Å². The minimum Gasteiger partial charge on any atom is -0.472 e. The fourth-order valence-electron chi connectivity index (χ4n) is 1.75. The van der Waals surface area contributed by atoms with Crippen molar-refractivity contribution in [3.63, 3.8) is 0 Å². The molecule has 0 bridgehead atoms. The second-order valence-electron chi connectivity index (χ2n) is 3.89. The van der Waals surface area contributed by atoms with Gasteiger partial charge in [0.05, 0.1) is 24.1 Å². The average Bonchev–Trinajstić information content (AvgIpc) is 2.84. The van der Waals surface area contributed by atoms with Gasteiger partial charge in [-0.1, -0.05) is 15.9 Å². The van der Waals surface area contributed by atoms with Crippen molar-refractivity contribution in [3.05, 3.63) is 58.0 Å². The van der Waals surface area contributed by atoms with Crippen LogP contribution in [0.1, 0.15) is 22.7 Å². The molecular formula is C12H10BrF3N2O. The number of rotatable bonds is 3. The first-order valence-corrected chi connectivity index (χ1v) is 6.07. The molecule has 1 atom stereocenters. The first-order valence-electron chi connectivity index (χ1n) is 5.28. The van der Waals surface area contributed by atoms with E-state index in [0.29, 0.717) is 15.6 Å². The number of benzene rings is 1. The Kier molecular flexibility index (Phi) is 3.98. The molecule has 0 amide bonds. The third-order valence-corrected chi connectivity index (χ3v) is 3.40. The Bertz CT molecular complexity index is 555. The van der Waals surface area contributed by atoms with Gasteiger partial charge in [0.1, 0.15) is 0 Å². The molecular weight excluding hydrogens is 325 g/mol. The van der Waals surface area contributed by atoms with Crippen LogP contribution in [-0.4, -0.2) is 0 Å². The normalized spacial score (nSPS) is 13.5. The minimum atomic E-state index is -4.40. The van der Waals surface area contributed by atoms with E-state index < -0.39 is 17.8 Å². The van der Waals surface area contributed by atoms with Crippen LogP contribution in [0.4, 0.5) is 13.2 Å². The summed E-state index contributed by atoms with van der Waals surface area (Å²) in [4.78, 5) is 0. The summed E-state index contributed by atoms with van der Waals surface area (Å²) in [6.07, 6.45) is -1.54. The number of hydrogen-bond donors (Lipinski definition) is 2. The zero-order valence-corrected chi connectivity index (χ0v) is 11.1. The molecule has 3 nitrogen and oxygen atoms in total. The van der Waals surface area contributed by atoms with Crippen LogP contribution in [0.5, 0.6) is 0 Å². The van der Waals surface area contributed by atoms with Gasteiger partial charge in [-0.05, 0) is 29.8 Å². The van der Waals surface area contributed by atoms with E-state index in [2.05, 4.69) is 21.4 Å². The number of nitrogens with one attached hydrogen (secondary N) is 1. The number of halogens is 4. The van der Waals surface area contributed by atoms with Gasteiger partial charge in [-0.15, -0.1) is 0 Å². The van der Waals surface area contributed by atoms with Crippen LogP contribution in [0, 0.1) is 0 Å². The molecule has 2 aromatic rings. The van der Waals surface area contributed by atoms with Crippen LogP contribution in [0.3, 0.4) is 0 Å². The molecule has 3 N–H and O–H groups in total. The van der Waals surface area contributed by atoms with Crippen LogP contribution in [0.2, 0.25) is 0 Å². The number of hydrazine groups is 1. The summed E-state index contributed by atoms with van der Waals surface area (Å²) < 4.78 is 43.6. The summed E-state index contributed by atoms with van der Waals surface area (Å²) in [6.45, 7) is 0. The lowest BCUT2D eigenvalue weighted by Gasteiger charge is -2.18. The molecule has 1 aromatic heterocycles. The zero-order valence-electron chi connectivity index (χ0n) is 9.54. The quantitative estimate of drug-likeness (QED) is 0.665. The Hall–Kier alpha value is -1.31. The number of furan rings is 1. The van der Waals surface area contributed by atoms with Crippen molar-refractivity contribution in [2.45, 2.75) is 12.2 Å². The Morgan fingerprint density at radius 3 is 2.53 bits per heavy atom. The average molecular weight is 335 g/mol. The molecule has 2 rings (SSSR count). The monoisotopic (exact) mass is 334 g/mol. The number of hydrogen-bond acceptors (Lipinski definition) is 3. The van der Waals surface area contributed by atoms with Gasteiger partial charge in [-0.2, -0.15) is 13.2 Å². The summed E-state index contributed by atoms with van der Waals surface area (Å²) >= 11 is 3.23. The van der Waals surface area contributed by atoms with Gasteiger partial charge in [-0.3, -0.25) is 5.84 Å². The van der Waals surface area contributed by atoms with E-state index in [1.807, 2.05) is 0 Å². The van der Waals surface area contributed by atoms with E-state index in [-0.39, 0.29) is 0 Å². The van der Waals surface area contributed by atoms with E-state index in [1.54, 1.807) is 6.07 Å². The van der Waals surface area contributed by atoms with Crippen molar-refractivity contribution in [3.8, 4) is 0 Å². The van der Waals surface area contributed by atoms with E-state index >= 15 is 0 Å². The van der Waals surface area contributed by atoms with E-state index in [0.717, 1.165) is 12.1 Å². The molecule has 102 valence electrons. The molecule has 0 saturated heterocycles. The third kappa shape index (κ3) is 2.99. The van der Waals surface area contributed by atoms with Crippen molar-refractivity contribution in [2.75, 3.05) is 0 Å². The molecule has 1 heterocycles. The second-order valence-corrected chi connectivity index (χ2v) is 4.74. The van der Waals surface area contributed by atoms with Gasteiger partial charge >= 0.3 is 6.18 Å². The molecule has 0 fully saturated rings. The highest BCUT2D eigenvalue weighted by Gasteiger charge is 2.31. The molecule has 19 heavy (non-hydrogen) atoms. The van der Waals surface area contributed by atoms with Crippen molar-refractivity contribution in [2.24, 2.45) is 5.84 Å². The summed E-state index contributed by atoms with van der Waals surface area (Å²) in [5.41, 5.74) is 2.78. The minimum absolute atomic E-state index is 0.388. The highest BCUT2D eigenvalue weighted by molar-refractivity contribution is 9.10. The van der Waals surface area contributed by atoms with Crippen LogP contribution >= 0.6 is 15.9 Å². The van der Waals surface area contributed by atoms with Gasteiger partial charge in [-0.25, -0.2) is 5.43 Å². The SMILES string of the molecule is NNC(c1ccoc1)c1cc(C(F)(F)F)ccc1Br. The van der Waals surface area contributed by atoms with Gasteiger partial charge in [0.15, 0.2) is 0 Å². The Morgan fingerprint density at radius 2 is 2.00 bits per heavy atom. The Labute approximate surface area is 115 Å². The van der Waals surface area contributed by atoms with Crippen LogP contribution in [-0.2, 0) is 6.18 Å². The maximum atomic E-state index is 12.7. The number of nitrogens with two attached hydrogens (primary N) is 1. The molecule has 0 aliphatic rings.